The predicted molar refractivity (Wildman–Crippen MR) is 109 cm³/mol. The SMILES string of the molecule is Cc1nc2ccccc2c(C)c1C(=O)OCC(=O)N1CCCc2ccccc21. The molecule has 0 saturated carbocycles. The highest BCUT2D eigenvalue weighted by Gasteiger charge is 2.24. The average Bonchev–Trinajstić information content (AvgIpc) is 2.71. The zero-order chi connectivity index (χ0) is 19.7. The molecule has 142 valence electrons. The Morgan fingerprint density at radius 3 is 2.68 bits per heavy atom. The summed E-state index contributed by atoms with van der Waals surface area (Å²) in [5.74, 6) is -0.712. The molecule has 5 nitrogen and oxygen atoms in total. The van der Waals surface area contributed by atoms with Crippen LogP contribution < -0.4 is 4.90 Å². The Balaban J connectivity index is 1.53. The van der Waals surface area contributed by atoms with E-state index in [1.165, 1.54) is 0 Å². The van der Waals surface area contributed by atoms with E-state index >= 15 is 0 Å². The van der Waals surface area contributed by atoms with Crippen molar-refractivity contribution in [1.29, 1.82) is 0 Å². The van der Waals surface area contributed by atoms with Gasteiger partial charge in [-0.3, -0.25) is 9.78 Å². The molecule has 0 spiro atoms. The summed E-state index contributed by atoms with van der Waals surface area (Å²) in [5.41, 5.74) is 4.77. The Morgan fingerprint density at radius 2 is 1.82 bits per heavy atom. The molecule has 0 bridgehead atoms. The number of para-hydroxylation sites is 2. The van der Waals surface area contributed by atoms with Crippen LogP contribution in [0.15, 0.2) is 48.5 Å². The molecule has 0 N–H and O–H groups in total. The minimum atomic E-state index is -0.508. The first-order chi connectivity index (χ1) is 13.6. The number of hydrogen-bond acceptors (Lipinski definition) is 4. The van der Waals surface area contributed by atoms with Crippen LogP contribution in [-0.4, -0.2) is 30.0 Å². The van der Waals surface area contributed by atoms with Crippen LogP contribution in [0.2, 0.25) is 0 Å². The quantitative estimate of drug-likeness (QED) is 0.651. The van der Waals surface area contributed by atoms with Gasteiger partial charge in [0.2, 0.25) is 0 Å². The van der Waals surface area contributed by atoms with Gasteiger partial charge in [0.1, 0.15) is 0 Å². The highest BCUT2D eigenvalue weighted by atomic mass is 16.5. The lowest BCUT2D eigenvalue weighted by atomic mass is 10.0. The first kappa shape index (κ1) is 18.2. The smallest absolute Gasteiger partial charge is 0.340 e. The highest BCUT2D eigenvalue weighted by molar-refractivity contribution is 6.01. The van der Waals surface area contributed by atoms with E-state index in [1.54, 1.807) is 11.8 Å². The molecular formula is C23H22N2O3. The van der Waals surface area contributed by atoms with Crippen molar-refractivity contribution in [3.05, 3.63) is 70.9 Å². The van der Waals surface area contributed by atoms with Crippen molar-refractivity contribution >= 4 is 28.5 Å². The number of fused-ring (bicyclic) bond motifs is 2. The lowest BCUT2D eigenvalue weighted by molar-refractivity contribution is -0.121. The summed E-state index contributed by atoms with van der Waals surface area (Å²) in [6.45, 7) is 4.04. The second-order valence-corrected chi connectivity index (χ2v) is 7.07. The third-order valence-corrected chi connectivity index (χ3v) is 5.28. The molecule has 1 aromatic heterocycles. The molecule has 2 heterocycles. The molecule has 0 unspecified atom stereocenters. The summed E-state index contributed by atoms with van der Waals surface area (Å²) in [6, 6.07) is 15.6. The normalized spacial score (nSPS) is 13.3. The number of aryl methyl sites for hydroxylation is 3. The Hall–Kier alpha value is -3.21. The van der Waals surface area contributed by atoms with E-state index in [-0.39, 0.29) is 12.5 Å². The second-order valence-electron chi connectivity index (χ2n) is 7.07. The maximum atomic E-state index is 12.7. The van der Waals surface area contributed by atoms with Gasteiger partial charge in [-0.05, 0) is 49.9 Å². The predicted octanol–water partition coefficient (Wildman–Crippen LogP) is 3.99. The summed E-state index contributed by atoms with van der Waals surface area (Å²) in [7, 11) is 0. The first-order valence-electron chi connectivity index (χ1n) is 9.47. The number of amides is 1. The van der Waals surface area contributed by atoms with Crippen molar-refractivity contribution < 1.29 is 14.3 Å². The Bertz CT molecular complexity index is 1070. The van der Waals surface area contributed by atoms with Crippen LogP contribution in [-0.2, 0) is 16.0 Å². The third kappa shape index (κ3) is 3.24. The van der Waals surface area contributed by atoms with E-state index in [9.17, 15) is 9.59 Å². The molecule has 1 aliphatic rings. The zero-order valence-electron chi connectivity index (χ0n) is 16.1. The number of anilines is 1. The molecule has 0 fully saturated rings. The minimum absolute atomic E-state index is 0.204. The number of esters is 1. The summed E-state index contributed by atoms with van der Waals surface area (Å²) in [6.07, 6.45) is 1.87. The molecule has 0 atom stereocenters. The zero-order valence-corrected chi connectivity index (χ0v) is 16.1. The number of carbonyl (C=O) groups is 2. The van der Waals surface area contributed by atoms with Gasteiger partial charge in [-0.25, -0.2) is 4.79 Å². The van der Waals surface area contributed by atoms with E-state index in [0.717, 1.165) is 40.6 Å². The number of nitrogens with zero attached hydrogens (tertiary/aromatic N) is 2. The maximum absolute atomic E-state index is 12.7. The third-order valence-electron chi connectivity index (χ3n) is 5.28. The van der Waals surface area contributed by atoms with Crippen LogP contribution >= 0.6 is 0 Å². The van der Waals surface area contributed by atoms with E-state index in [1.807, 2.05) is 55.5 Å². The lowest BCUT2D eigenvalue weighted by Crippen LogP contribution is -2.38. The minimum Gasteiger partial charge on any atom is -0.452 e. The van der Waals surface area contributed by atoms with Crippen LogP contribution in [0.3, 0.4) is 0 Å². The highest BCUT2D eigenvalue weighted by Crippen LogP contribution is 2.27. The largest absolute Gasteiger partial charge is 0.452 e. The van der Waals surface area contributed by atoms with Crippen molar-refractivity contribution in [2.45, 2.75) is 26.7 Å². The molecule has 2 aromatic carbocycles. The van der Waals surface area contributed by atoms with Crippen molar-refractivity contribution in [1.82, 2.24) is 4.98 Å². The van der Waals surface area contributed by atoms with Crippen LogP contribution in [0.25, 0.3) is 10.9 Å². The van der Waals surface area contributed by atoms with Crippen LogP contribution in [0.1, 0.15) is 33.6 Å². The molecule has 28 heavy (non-hydrogen) atoms. The van der Waals surface area contributed by atoms with E-state index in [2.05, 4.69) is 4.98 Å². The average molecular weight is 374 g/mol. The summed E-state index contributed by atoms with van der Waals surface area (Å²) >= 11 is 0. The van der Waals surface area contributed by atoms with E-state index < -0.39 is 5.97 Å². The van der Waals surface area contributed by atoms with Crippen molar-refractivity contribution in [3.63, 3.8) is 0 Å². The van der Waals surface area contributed by atoms with E-state index in [4.69, 9.17) is 4.74 Å². The van der Waals surface area contributed by atoms with Crippen molar-refractivity contribution in [2.24, 2.45) is 0 Å². The van der Waals surface area contributed by atoms with Gasteiger partial charge in [0.15, 0.2) is 6.61 Å². The van der Waals surface area contributed by atoms with Gasteiger partial charge in [0.25, 0.3) is 5.91 Å². The molecule has 3 aromatic rings. The standard InChI is InChI=1S/C23H22N2O3/c1-15-18-10-4-5-11-19(18)24-16(2)22(15)23(27)28-14-21(26)25-13-7-9-17-8-3-6-12-20(17)25/h3-6,8,10-12H,7,9,13-14H2,1-2H3. The molecule has 0 aliphatic carbocycles. The second kappa shape index (κ2) is 7.43. The Morgan fingerprint density at radius 1 is 1.07 bits per heavy atom. The fraction of sp³-hybridized carbons (Fsp3) is 0.261. The number of carbonyl (C=O) groups excluding carboxylic acids is 2. The van der Waals surface area contributed by atoms with Crippen molar-refractivity contribution in [3.8, 4) is 0 Å². The van der Waals surface area contributed by atoms with Gasteiger partial charge in [-0.15, -0.1) is 0 Å². The maximum Gasteiger partial charge on any atom is 0.340 e. The van der Waals surface area contributed by atoms with Gasteiger partial charge in [-0.1, -0.05) is 36.4 Å². The van der Waals surface area contributed by atoms with Gasteiger partial charge in [0, 0.05) is 17.6 Å². The summed E-state index contributed by atoms with van der Waals surface area (Å²) in [5, 5.41) is 0.913. The fourth-order valence-electron chi connectivity index (χ4n) is 3.90. The number of aromatic nitrogens is 1. The number of pyridine rings is 1. The fourth-order valence-corrected chi connectivity index (χ4v) is 3.90. The summed E-state index contributed by atoms with van der Waals surface area (Å²) in [4.78, 5) is 31.7. The van der Waals surface area contributed by atoms with Gasteiger partial charge < -0.3 is 9.64 Å². The van der Waals surface area contributed by atoms with Gasteiger partial charge in [0.05, 0.1) is 16.8 Å². The topological polar surface area (TPSA) is 59.5 Å². The molecular weight excluding hydrogens is 352 g/mol. The van der Waals surface area contributed by atoms with Crippen LogP contribution in [0, 0.1) is 13.8 Å². The first-order valence-corrected chi connectivity index (χ1v) is 9.47. The van der Waals surface area contributed by atoms with Crippen molar-refractivity contribution in [2.75, 3.05) is 18.1 Å². The molecule has 0 saturated heterocycles. The summed E-state index contributed by atoms with van der Waals surface area (Å²) < 4.78 is 5.40. The van der Waals surface area contributed by atoms with Gasteiger partial charge >= 0.3 is 5.97 Å². The molecule has 1 amide bonds. The van der Waals surface area contributed by atoms with Crippen LogP contribution in [0.5, 0.6) is 0 Å². The van der Waals surface area contributed by atoms with Gasteiger partial charge in [-0.2, -0.15) is 0 Å². The lowest BCUT2D eigenvalue weighted by Gasteiger charge is -2.29. The Kier molecular flexibility index (Phi) is 4.82. The molecule has 5 heteroatoms. The Labute approximate surface area is 163 Å². The molecule has 1 aliphatic heterocycles. The number of ether oxygens (including phenoxy) is 1. The molecule has 4 rings (SSSR count). The van der Waals surface area contributed by atoms with Crippen LogP contribution in [0.4, 0.5) is 5.69 Å². The molecule has 0 radical (unpaired) electrons. The van der Waals surface area contributed by atoms with E-state index in [0.29, 0.717) is 17.8 Å². The number of hydrogen-bond donors (Lipinski definition) is 0. The number of benzene rings is 2. The number of rotatable bonds is 3. The monoisotopic (exact) mass is 374 g/mol.